The second-order valence-corrected chi connectivity index (χ2v) is 5.59. The maximum atomic E-state index is 3.66. The Morgan fingerprint density at radius 1 is 0.944 bits per heavy atom. The van der Waals surface area contributed by atoms with Gasteiger partial charge < -0.3 is 10.6 Å². The molecule has 0 radical (unpaired) electrons. The smallest absolute Gasteiger partial charge is 0.0345 e. The average Bonchev–Trinajstić information content (AvgIpc) is 2.35. The Labute approximate surface area is 111 Å². The first-order chi connectivity index (χ1) is 8.74. The van der Waals surface area contributed by atoms with Crippen LogP contribution in [-0.4, -0.2) is 19.1 Å². The van der Waals surface area contributed by atoms with E-state index in [1.807, 2.05) is 0 Å². The summed E-state index contributed by atoms with van der Waals surface area (Å²) in [7, 11) is 0. The lowest BCUT2D eigenvalue weighted by molar-refractivity contribution is 0.378. The van der Waals surface area contributed by atoms with Gasteiger partial charge in [-0.3, -0.25) is 0 Å². The highest BCUT2D eigenvalue weighted by Gasteiger charge is 2.11. The van der Waals surface area contributed by atoms with Gasteiger partial charge in [-0.05, 0) is 49.9 Å². The van der Waals surface area contributed by atoms with Gasteiger partial charge in [-0.2, -0.15) is 0 Å². The first-order valence-corrected chi connectivity index (χ1v) is 7.29. The molecule has 0 aliphatic heterocycles. The molecule has 0 unspecified atom stereocenters. The van der Waals surface area contributed by atoms with E-state index in [4.69, 9.17) is 0 Å². The van der Waals surface area contributed by atoms with E-state index >= 15 is 0 Å². The molecular formula is C16H26N2. The number of hydrogen-bond donors (Lipinski definition) is 2. The SMILES string of the molecule is Cc1cc(C)cc(NCCNC2CCCCC2)c1. The molecule has 100 valence electrons. The maximum absolute atomic E-state index is 3.66. The summed E-state index contributed by atoms with van der Waals surface area (Å²) in [5.74, 6) is 0. The summed E-state index contributed by atoms with van der Waals surface area (Å²) < 4.78 is 0. The number of benzene rings is 1. The van der Waals surface area contributed by atoms with Crippen molar-refractivity contribution in [2.24, 2.45) is 0 Å². The van der Waals surface area contributed by atoms with Gasteiger partial charge in [0, 0.05) is 24.8 Å². The zero-order valence-corrected chi connectivity index (χ0v) is 11.8. The third-order valence-corrected chi connectivity index (χ3v) is 3.71. The molecule has 0 saturated heterocycles. The van der Waals surface area contributed by atoms with Gasteiger partial charge in [0.1, 0.15) is 0 Å². The number of anilines is 1. The Morgan fingerprint density at radius 3 is 2.28 bits per heavy atom. The van der Waals surface area contributed by atoms with Crippen LogP contribution in [0.2, 0.25) is 0 Å². The third kappa shape index (κ3) is 4.34. The lowest BCUT2D eigenvalue weighted by Crippen LogP contribution is -2.34. The van der Waals surface area contributed by atoms with Crippen LogP contribution in [0.5, 0.6) is 0 Å². The van der Waals surface area contributed by atoms with Crippen LogP contribution in [0.4, 0.5) is 5.69 Å². The van der Waals surface area contributed by atoms with Gasteiger partial charge in [0.15, 0.2) is 0 Å². The summed E-state index contributed by atoms with van der Waals surface area (Å²) in [5, 5.41) is 7.16. The second-order valence-electron chi connectivity index (χ2n) is 5.59. The van der Waals surface area contributed by atoms with Gasteiger partial charge in [0.25, 0.3) is 0 Å². The van der Waals surface area contributed by atoms with Crippen LogP contribution in [0.3, 0.4) is 0 Å². The highest BCUT2D eigenvalue weighted by Crippen LogP contribution is 2.17. The molecule has 1 aliphatic carbocycles. The van der Waals surface area contributed by atoms with Crippen molar-refractivity contribution in [2.45, 2.75) is 52.0 Å². The minimum atomic E-state index is 0.764. The minimum Gasteiger partial charge on any atom is -0.384 e. The van der Waals surface area contributed by atoms with E-state index < -0.39 is 0 Å². The van der Waals surface area contributed by atoms with Crippen LogP contribution in [0.1, 0.15) is 43.2 Å². The maximum Gasteiger partial charge on any atom is 0.0345 e. The molecule has 1 fully saturated rings. The van der Waals surface area contributed by atoms with E-state index in [1.165, 1.54) is 48.9 Å². The van der Waals surface area contributed by atoms with Gasteiger partial charge in [-0.1, -0.05) is 25.3 Å². The Bertz CT molecular complexity index is 347. The average molecular weight is 246 g/mol. The van der Waals surface area contributed by atoms with Crippen molar-refractivity contribution in [1.29, 1.82) is 0 Å². The molecule has 2 N–H and O–H groups in total. The Kier molecular flexibility index (Phi) is 5.06. The highest BCUT2D eigenvalue weighted by atomic mass is 15.0. The Morgan fingerprint density at radius 2 is 1.61 bits per heavy atom. The summed E-state index contributed by atoms with van der Waals surface area (Å²) in [4.78, 5) is 0. The molecule has 0 aromatic heterocycles. The number of hydrogen-bond acceptors (Lipinski definition) is 2. The fraction of sp³-hybridized carbons (Fsp3) is 0.625. The van der Waals surface area contributed by atoms with Gasteiger partial charge in [0.05, 0.1) is 0 Å². The predicted molar refractivity (Wildman–Crippen MR) is 79.3 cm³/mol. The van der Waals surface area contributed by atoms with Crippen LogP contribution in [0, 0.1) is 13.8 Å². The molecule has 1 aromatic rings. The Hall–Kier alpha value is -1.02. The van der Waals surface area contributed by atoms with E-state index in [0.29, 0.717) is 0 Å². The fourth-order valence-electron chi connectivity index (χ4n) is 2.87. The van der Waals surface area contributed by atoms with Crippen molar-refractivity contribution in [3.05, 3.63) is 29.3 Å². The van der Waals surface area contributed by atoms with E-state index in [2.05, 4.69) is 42.7 Å². The van der Waals surface area contributed by atoms with Crippen molar-refractivity contribution in [3.8, 4) is 0 Å². The van der Waals surface area contributed by atoms with Gasteiger partial charge in [-0.25, -0.2) is 0 Å². The second kappa shape index (κ2) is 6.79. The summed E-state index contributed by atoms with van der Waals surface area (Å²) in [6.45, 7) is 6.38. The standard InChI is InChI=1S/C16H26N2/c1-13-10-14(2)12-16(11-13)18-9-8-17-15-6-4-3-5-7-15/h10-12,15,17-18H,3-9H2,1-2H3. The van der Waals surface area contributed by atoms with Crippen molar-refractivity contribution in [2.75, 3.05) is 18.4 Å². The summed E-state index contributed by atoms with van der Waals surface area (Å²) in [6.07, 6.45) is 6.97. The van der Waals surface area contributed by atoms with E-state index in [-0.39, 0.29) is 0 Å². The van der Waals surface area contributed by atoms with Crippen molar-refractivity contribution in [1.82, 2.24) is 5.32 Å². The molecule has 0 atom stereocenters. The van der Waals surface area contributed by atoms with Gasteiger partial charge in [-0.15, -0.1) is 0 Å². The largest absolute Gasteiger partial charge is 0.384 e. The molecule has 0 heterocycles. The number of nitrogens with one attached hydrogen (secondary N) is 2. The summed E-state index contributed by atoms with van der Waals surface area (Å²) in [5.41, 5.74) is 3.91. The predicted octanol–water partition coefficient (Wildman–Crippen LogP) is 3.64. The number of rotatable bonds is 5. The molecular weight excluding hydrogens is 220 g/mol. The molecule has 18 heavy (non-hydrogen) atoms. The van der Waals surface area contributed by atoms with E-state index in [0.717, 1.165) is 19.1 Å². The lowest BCUT2D eigenvalue weighted by Gasteiger charge is -2.23. The molecule has 0 spiro atoms. The zero-order chi connectivity index (χ0) is 12.8. The third-order valence-electron chi connectivity index (χ3n) is 3.71. The topological polar surface area (TPSA) is 24.1 Å². The molecule has 0 bridgehead atoms. The lowest BCUT2D eigenvalue weighted by atomic mass is 9.95. The molecule has 1 aromatic carbocycles. The first-order valence-electron chi connectivity index (χ1n) is 7.29. The highest BCUT2D eigenvalue weighted by molar-refractivity contribution is 5.48. The van der Waals surface area contributed by atoms with Crippen LogP contribution in [0.15, 0.2) is 18.2 Å². The monoisotopic (exact) mass is 246 g/mol. The summed E-state index contributed by atoms with van der Waals surface area (Å²) in [6, 6.07) is 7.41. The van der Waals surface area contributed by atoms with E-state index in [1.54, 1.807) is 0 Å². The molecule has 2 heteroatoms. The zero-order valence-electron chi connectivity index (χ0n) is 11.8. The minimum absolute atomic E-state index is 0.764. The van der Waals surface area contributed by atoms with Crippen molar-refractivity contribution >= 4 is 5.69 Å². The quantitative estimate of drug-likeness (QED) is 0.775. The molecule has 1 saturated carbocycles. The van der Waals surface area contributed by atoms with Gasteiger partial charge in [0.2, 0.25) is 0 Å². The van der Waals surface area contributed by atoms with Crippen molar-refractivity contribution < 1.29 is 0 Å². The molecule has 0 amide bonds. The Balaban J connectivity index is 1.68. The van der Waals surface area contributed by atoms with Crippen LogP contribution < -0.4 is 10.6 Å². The normalized spacial score (nSPS) is 16.8. The van der Waals surface area contributed by atoms with E-state index in [9.17, 15) is 0 Å². The molecule has 2 nitrogen and oxygen atoms in total. The molecule has 1 aliphatic rings. The first kappa shape index (κ1) is 13.4. The number of aryl methyl sites for hydroxylation is 2. The summed E-state index contributed by atoms with van der Waals surface area (Å²) >= 11 is 0. The van der Waals surface area contributed by atoms with Crippen LogP contribution >= 0.6 is 0 Å². The van der Waals surface area contributed by atoms with Gasteiger partial charge >= 0.3 is 0 Å². The van der Waals surface area contributed by atoms with Crippen molar-refractivity contribution in [3.63, 3.8) is 0 Å². The molecule has 2 rings (SSSR count). The van der Waals surface area contributed by atoms with Crippen LogP contribution in [0.25, 0.3) is 0 Å². The fourth-order valence-corrected chi connectivity index (χ4v) is 2.87. The van der Waals surface area contributed by atoms with Crippen LogP contribution in [-0.2, 0) is 0 Å².